The summed E-state index contributed by atoms with van der Waals surface area (Å²) in [5, 5.41) is 0. The molecule has 0 atom stereocenters. The minimum absolute atomic E-state index is 0.186. The molecule has 0 radical (unpaired) electrons. The zero-order valence-electron chi connectivity index (χ0n) is 13.7. The van der Waals surface area contributed by atoms with Crippen molar-refractivity contribution in [2.45, 2.75) is 19.4 Å². The highest BCUT2D eigenvalue weighted by Gasteiger charge is 2.41. The molecule has 126 valence electrons. The van der Waals surface area contributed by atoms with Crippen molar-refractivity contribution in [2.75, 3.05) is 29.5 Å². The lowest BCUT2D eigenvalue weighted by Crippen LogP contribution is -2.53. The maximum atomic E-state index is 12.7. The Balaban J connectivity index is 1.77. The number of benzene rings is 1. The smallest absolute Gasteiger partial charge is 0.271 e. The molecule has 1 aromatic carbocycles. The first-order chi connectivity index (χ1) is 11.4. The quantitative estimate of drug-likeness (QED) is 0.830. The molecule has 0 unspecified atom stereocenters. The number of nitrogens with zero attached hydrogens (tertiary/aromatic N) is 2. The Hall–Kier alpha value is -2.96. The van der Waals surface area contributed by atoms with Crippen LogP contribution < -0.4 is 25.8 Å². The van der Waals surface area contributed by atoms with Crippen molar-refractivity contribution < 1.29 is 14.3 Å². The average molecular weight is 328 g/mol. The number of fused-ring (bicyclic) bond motifs is 1. The maximum Gasteiger partial charge on any atom is 0.271 e. The van der Waals surface area contributed by atoms with Gasteiger partial charge in [0.25, 0.3) is 5.91 Å². The second-order valence-electron chi connectivity index (χ2n) is 6.04. The van der Waals surface area contributed by atoms with Gasteiger partial charge in [0, 0.05) is 5.69 Å². The number of rotatable bonds is 4. The topological polar surface area (TPSA) is 104 Å². The third kappa shape index (κ3) is 3.05. The van der Waals surface area contributed by atoms with Gasteiger partial charge in [0.15, 0.2) is 17.2 Å². The fraction of sp³-hybridized carbons (Fsp3) is 0.294. The van der Waals surface area contributed by atoms with Gasteiger partial charge in [-0.15, -0.1) is 0 Å². The number of nitrogen functional groups attached to an aromatic ring is 2. The Morgan fingerprint density at radius 1 is 1.17 bits per heavy atom. The monoisotopic (exact) mass is 328 g/mol. The first kappa shape index (κ1) is 15.9. The fourth-order valence-electron chi connectivity index (χ4n) is 2.49. The highest BCUT2D eigenvalue weighted by atomic mass is 16.5. The molecule has 2 heterocycles. The van der Waals surface area contributed by atoms with Crippen LogP contribution in [0, 0.1) is 0 Å². The van der Waals surface area contributed by atoms with Gasteiger partial charge in [-0.3, -0.25) is 9.69 Å². The summed E-state index contributed by atoms with van der Waals surface area (Å²) in [6.45, 7) is 4.09. The average Bonchev–Trinajstić information content (AvgIpc) is 2.53. The summed E-state index contributed by atoms with van der Waals surface area (Å²) >= 11 is 0. The highest BCUT2D eigenvalue weighted by molar-refractivity contribution is 6.01. The number of carbonyl (C=O) groups is 1. The van der Waals surface area contributed by atoms with Gasteiger partial charge in [-0.2, -0.15) is 0 Å². The SMILES string of the molecule is CC1(C)Oc2ccc(N)nc2N(CCOc2ccc(N)cc2)C1=O. The molecule has 4 N–H and O–H groups in total. The van der Waals surface area contributed by atoms with Crippen LogP contribution in [0.2, 0.25) is 0 Å². The Kier molecular flexibility index (Phi) is 3.92. The molecule has 2 aromatic rings. The van der Waals surface area contributed by atoms with Crippen LogP contribution in [0.1, 0.15) is 13.8 Å². The molecule has 0 fully saturated rings. The van der Waals surface area contributed by atoms with Gasteiger partial charge in [0.05, 0.1) is 6.54 Å². The molecule has 0 aliphatic carbocycles. The molecule has 0 saturated carbocycles. The Morgan fingerprint density at radius 3 is 2.58 bits per heavy atom. The summed E-state index contributed by atoms with van der Waals surface area (Å²) in [5.74, 6) is 1.77. The number of hydrogen-bond donors (Lipinski definition) is 2. The van der Waals surface area contributed by atoms with Crippen molar-refractivity contribution >= 4 is 23.2 Å². The van der Waals surface area contributed by atoms with Crippen molar-refractivity contribution in [1.29, 1.82) is 0 Å². The standard InChI is InChI=1S/C17H20N4O3/c1-17(2)16(22)21(15-13(24-17)7-8-14(19)20-15)9-10-23-12-5-3-11(18)4-6-12/h3-8H,9-10,18H2,1-2H3,(H2,19,20). The molecule has 1 aromatic heterocycles. The van der Waals surface area contributed by atoms with E-state index in [9.17, 15) is 4.79 Å². The highest BCUT2D eigenvalue weighted by Crippen LogP contribution is 2.36. The number of hydrogen-bond acceptors (Lipinski definition) is 6. The number of pyridine rings is 1. The zero-order chi connectivity index (χ0) is 17.3. The molecule has 7 nitrogen and oxygen atoms in total. The number of amides is 1. The predicted octanol–water partition coefficient (Wildman–Crippen LogP) is 1.83. The summed E-state index contributed by atoms with van der Waals surface area (Å²) in [6, 6.07) is 10.5. The van der Waals surface area contributed by atoms with Gasteiger partial charge < -0.3 is 20.9 Å². The fourth-order valence-corrected chi connectivity index (χ4v) is 2.49. The van der Waals surface area contributed by atoms with Crippen LogP contribution in [0.4, 0.5) is 17.3 Å². The van der Waals surface area contributed by atoms with Crippen LogP contribution in [0.5, 0.6) is 11.5 Å². The normalized spacial score (nSPS) is 15.6. The van der Waals surface area contributed by atoms with Crippen molar-refractivity contribution in [3.63, 3.8) is 0 Å². The second-order valence-corrected chi connectivity index (χ2v) is 6.04. The van der Waals surface area contributed by atoms with Gasteiger partial charge >= 0.3 is 0 Å². The number of carbonyl (C=O) groups excluding carboxylic acids is 1. The summed E-state index contributed by atoms with van der Waals surface area (Å²) in [6.07, 6.45) is 0. The lowest BCUT2D eigenvalue weighted by Gasteiger charge is -2.37. The Morgan fingerprint density at radius 2 is 1.88 bits per heavy atom. The van der Waals surface area contributed by atoms with E-state index in [1.54, 1.807) is 55.1 Å². The van der Waals surface area contributed by atoms with Gasteiger partial charge in [0.1, 0.15) is 18.2 Å². The third-order valence-corrected chi connectivity index (χ3v) is 3.71. The van der Waals surface area contributed by atoms with Crippen LogP contribution in [-0.4, -0.2) is 29.6 Å². The van der Waals surface area contributed by atoms with E-state index in [2.05, 4.69) is 4.98 Å². The summed E-state index contributed by atoms with van der Waals surface area (Å²) < 4.78 is 11.4. The number of anilines is 3. The zero-order valence-corrected chi connectivity index (χ0v) is 13.7. The summed E-state index contributed by atoms with van der Waals surface area (Å²) in [7, 11) is 0. The number of aromatic nitrogens is 1. The van der Waals surface area contributed by atoms with E-state index in [-0.39, 0.29) is 5.91 Å². The number of ether oxygens (including phenoxy) is 2. The van der Waals surface area contributed by atoms with Gasteiger partial charge in [-0.1, -0.05) is 0 Å². The van der Waals surface area contributed by atoms with E-state index in [0.29, 0.717) is 42.0 Å². The Bertz CT molecular complexity index is 759. The molecular formula is C17H20N4O3. The third-order valence-electron chi connectivity index (χ3n) is 3.71. The predicted molar refractivity (Wildman–Crippen MR) is 92.1 cm³/mol. The molecule has 1 amide bonds. The van der Waals surface area contributed by atoms with E-state index in [0.717, 1.165) is 0 Å². The van der Waals surface area contributed by atoms with Crippen LogP contribution in [-0.2, 0) is 4.79 Å². The number of nitrogens with two attached hydrogens (primary N) is 2. The molecule has 1 aliphatic heterocycles. The molecule has 24 heavy (non-hydrogen) atoms. The van der Waals surface area contributed by atoms with Gasteiger partial charge in [-0.25, -0.2) is 4.98 Å². The Labute approximate surface area is 140 Å². The van der Waals surface area contributed by atoms with Crippen molar-refractivity contribution in [1.82, 2.24) is 4.98 Å². The second kappa shape index (κ2) is 5.92. The van der Waals surface area contributed by atoms with E-state index in [1.807, 2.05) is 0 Å². The van der Waals surface area contributed by atoms with Crippen LogP contribution in [0.15, 0.2) is 36.4 Å². The first-order valence-corrected chi connectivity index (χ1v) is 7.63. The molecule has 3 rings (SSSR count). The van der Waals surface area contributed by atoms with E-state index in [1.165, 1.54) is 0 Å². The minimum atomic E-state index is -0.966. The van der Waals surface area contributed by atoms with Gasteiger partial charge in [0.2, 0.25) is 0 Å². The minimum Gasteiger partial charge on any atom is -0.492 e. The molecule has 1 aliphatic rings. The van der Waals surface area contributed by atoms with Crippen molar-refractivity contribution in [3.8, 4) is 11.5 Å². The van der Waals surface area contributed by atoms with Crippen LogP contribution in [0.25, 0.3) is 0 Å². The van der Waals surface area contributed by atoms with E-state index >= 15 is 0 Å². The van der Waals surface area contributed by atoms with Crippen molar-refractivity contribution in [2.24, 2.45) is 0 Å². The summed E-state index contributed by atoms with van der Waals surface area (Å²) in [4.78, 5) is 18.4. The van der Waals surface area contributed by atoms with E-state index < -0.39 is 5.60 Å². The van der Waals surface area contributed by atoms with Crippen LogP contribution >= 0.6 is 0 Å². The van der Waals surface area contributed by atoms with Crippen molar-refractivity contribution in [3.05, 3.63) is 36.4 Å². The molecule has 0 bridgehead atoms. The molecule has 0 spiro atoms. The largest absolute Gasteiger partial charge is 0.492 e. The maximum absolute atomic E-state index is 12.7. The van der Waals surface area contributed by atoms with E-state index in [4.69, 9.17) is 20.9 Å². The lowest BCUT2D eigenvalue weighted by molar-refractivity contribution is -0.132. The van der Waals surface area contributed by atoms with Crippen LogP contribution in [0.3, 0.4) is 0 Å². The first-order valence-electron chi connectivity index (χ1n) is 7.63. The molecule has 7 heteroatoms. The molecule has 0 saturated heterocycles. The lowest BCUT2D eigenvalue weighted by atomic mass is 10.1. The van der Waals surface area contributed by atoms with Gasteiger partial charge in [-0.05, 0) is 50.2 Å². The summed E-state index contributed by atoms with van der Waals surface area (Å²) in [5.41, 5.74) is 11.1. The molecular weight excluding hydrogens is 308 g/mol.